The number of rotatable bonds is 7. The largest absolute Gasteiger partial charge is 0.346 e. The Balaban J connectivity index is 1.88. The highest BCUT2D eigenvalue weighted by Crippen LogP contribution is 2.32. The molecule has 1 N–H and O–H groups in total. The van der Waals surface area contributed by atoms with Gasteiger partial charge in [-0.15, -0.1) is 5.01 Å². The fourth-order valence-corrected chi connectivity index (χ4v) is 3.62. The standard InChI is InChI=1S/C20H24ClN5O2/c1-4-6-12-25-17(21)16(14(3)24-25)13-22-26-18(27)20(5-2,23-19(26)28)15-10-8-7-9-11-15/h7-11,13H,4-6,12H2,1-3H3,(H,23,28)/b22-13-/t20-/m0/s1. The van der Waals surface area contributed by atoms with Gasteiger partial charge in [-0.1, -0.05) is 62.2 Å². The third-order valence-corrected chi connectivity index (χ3v) is 5.40. The van der Waals surface area contributed by atoms with E-state index in [1.807, 2.05) is 44.2 Å². The van der Waals surface area contributed by atoms with Gasteiger partial charge in [-0.3, -0.25) is 9.48 Å². The second kappa shape index (κ2) is 8.14. The van der Waals surface area contributed by atoms with Crippen molar-refractivity contribution in [3.05, 3.63) is 52.3 Å². The van der Waals surface area contributed by atoms with Gasteiger partial charge in [-0.2, -0.15) is 10.2 Å². The molecule has 1 saturated heterocycles. The van der Waals surface area contributed by atoms with Gasteiger partial charge in [-0.25, -0.2) is 4.79 Å². The molecule has 0 spiro atoms. The lowest BCUT2D eigenvalue weighted by atomic mass is 9.87. The average Bonchev–Trinajstić information content (AvgIpc) is 3.12. The summed E-state index contributed by atoms with van der Waals surface area (Å²) in [4.78, 5) is 25.6. The van der Waals surface area contributed by atoms with Crippen molar-refractivity contribution in [3.8, 4) is 0 Å². The molecule has 3 amide bonds. The maximum atomic E-state index is 13.1. The van der Waals surface area contributed by atoms with Crippen molar-refractivity contribution in [3.63, 3.8) is 0 Å². The first kappa shape index (κ1) is 20.1. The maximum absolute atomic E-state index is 13.1. The van der Waals surface area contributed by atoms with E-state index in [4.69, 9.17) is 11.6 Å². The molecule has 1 aliphatic heterocycles. The van der Waals surface area contributed by atoms with Crippen LogP contribution in [-0.2, 0) is 16.9 Å². The number of imide groups is 1. The maximum Gasteiger partial charge on any atom is 0.346 e. The number of hydrazone groups is 1. The number of benzene rings is 1. The Hall–Kier alpha value is -2.67. The summed E-state index contributed by atoms with van der Waals surface area (Å²) < 4.78 is 1.72. The molecule has 1 fully saturated rings. The number of hydrogen-bond acceptors (Lipinski definition) is 4. The topological polar surface area (TPSA) is 79.6 Å². The highest BCUT2D eigenvalue weighted by molar-refractivity contribution is 6.32. The highest BCUT2D eigenvalue weighted by Gasteiger charge is 2.51. The van der Waals surface area contributed by atoms with E-state index in [2.05, 4.69) is 22.4 Å². The van der Waals surface area contributed by atoms with Crippen LogP contribution in [0.25, 0.3) is 0 Å². The molecule has 2 heterocycles. The number of aromatic nitrogens is 2. The van der Waals surface area contributed by atoms with Crippen molar-refractivity contribution < 1.29 is 9.59 Å². The summed E-state index contributed by atoms with van der Waals surface area (Å²) in [6.07, 6.45) is 3.84. The number of carbonyl (C=O) groups is 2. The van der Waals surface area contributed by atoms with Crippen LogP contribution in [0.1, 0.15) is 49.9 Å². The van der Waals surface area contributed by atoms with E-state index in [9.17, 15) is 9.59 Å². The number of nitrogens with zero attached hydrogens (tertiary/aromatic N) is 4. The minimum Gasteiger partial charge on any atom is -0.318 e. The molecule has 0 aliphatic carbocycles. The average molecular weight is 402 g/mol. The summed E-state index contributed by atoms with van der Waals surface area (Å²) in [5.74, 6) is -0.408. The minimum atomic E-state index is -1.11. The van der Waals surface area contributed by atoms with Crippen LogP contribution in [0, 0.1) is 6.92 Å². The lowest BCUT2D eigenvalue weighted by Gasteiger charge is -2.24. The smallest absolute Gasteiger partial charge is 0.318 e. The predicted molar refractivity (Wildman–Crippen MR) is 108 cm³/mol. The van der Waals surface area contributed by atoms with Crippen molar-refractivity contribution >= 4 is 29.8 Å². The van der Waals surface area contributed by atoms with Crippen LogP contribution >= 0.6 is 11.6 Å². The van der Waals surface area contributed by atoms with Crippen molar-refractivity contribution in [1.82, 2.24) is 20.1 Å². The molecule has 0 bridgehead atoms. The summed E-state index contributed by atoms with van der Waals surface area (Å²) >= 11 is 6.41. The van der Waals surface area contributed by atoms with Crippen LogP contribution in [0.15, 0.2) is 35.4 Å². The molecule has 1 aromatic carbocycles. The van der Waals surface area contributed by atoms with Crippen LogP contribution in [0.4, 0.5) is 4.79 Å². The summed E-state index contributed by atoms with van der Waals surface area (Å²) in [6, 6.07) is 8.64. The van der Waals surface area contributed by atoms with E-state index in [1.165, 1.54) is 6.21 Å². The molecule has 3 rings (SSSR count). The summed E-state index contributed by atoms with van der Waals surface area (Å²) in [6.45, 7) is 6.48. The fourth-order valence-electron chi connectivity index (χ4n) is 3.31. The fraction of sp³-hybridized carbons (Fsp3) is 0.400. The van der Waals surface area contributed by atoms with Crippen molar-refractivity contribution in [2.75, 3.05) is 0 Å². The summed E-state index contributed by atoms with van der Waals surface area (Å²) in [7, 11) is 0. The third-order valence-electron chi connectivity index (χ3n) is 5.00. The molecule has 148 valence electrons. The molecule has 8 heteroatoms. The number of carbonyl (C=O) groups excluding carboxylic acids is 2. The Bertz CT molecular complexity index is 909. The first-order chi connectivity index (χ1) is 13.4. The van der Waals surface area contributed by atoms with Crippen LogP contribution < -0.4 is 5.32 Å². The minimum absolute atomic E-state index is 0.408. The van der Waals surface area contributed by atoms with Gasteiger partial charge >= 0.3 is 6.03 Å². The molecule has 0 saturated carbocycles. The van der Waals surface area contributed by atoms with E-state index >= 15 is 0 Å². The highest BCUT2D eigenvalue weighted by atomic mass is 35.5. The Morgan fingerprint density at radius 1 is 1.25 bits per heavy atom. The van der Waals surface area contributed by atoms with E-state index in [0.29, 0.717) is 29.4 Å². The molecule has 1 aromatic heterocycles. The van der Waals surface area contributed by atoms with E-state index in [0.717, 1.165) is 23.4 Å². The molecule has 0 unspecified atom stereocenters. The number of nitrogens with one attached hydrogen (secondary N) is 1. The van der Waals surface area contributed by atoms with Gasteiger partial charge in [0.05, 0.1) is 17.5 Å². The van der Waals surface area contributed by atoms with Gasteiger partial charge < -0.3 is 5.32 Å². The molecular weight excluding hydrogens is 378 g/mol. The molecule has 0 radical (unpaired) electrons. The molecule has 1 aliphatic rings. The van der Waals surface area contributed by atoms with E-state index < -0.39 is 17.5 Å². The van der Waals surface area contributed by atoms with Gasteiger partial charge in [0.2, 0.25) is 0 Å². The summed E-state index contributed by atoms with van der Waals surface area (Å²) in [5, 5.41) is 12.7. The van der Waals surface area contributed by atoms with Gasteiger partial charge in [0.1, 0.15) is 10.7 Å². The molecule has 2 aromatic rings. The Morgan fingerprint density at radius 3 is 2.61 bits per heavy atom. The van der Waals surface area contributed by atoms with Crippen molar-refractivity contribution in [1.29, 1.82) is 0 Å². The first-order valence-electron chi connectivity index (χ1n) is 9.43. The molecule has 28 heavy (non-hydrogen) atoms. The van der Waals surface area contributed by atoms with Gasteiger partial charge in [-0.05, 0) is 25.3 Å². The molecule has 1 atom stereocenters. The Morgan fingerprint density at radius 2 is 1.96 bits per heavy atom. The number of unbranched alkanes of at least 4 members (excludes halogenated alkanes) is 1. The van der Waals surface area contributed by atoms with Crippen molar-refractivity contribution in [2.24, 2.45) is 5.10 Å². The predicted octanol–water partition coefficient (Wildman–Crippen LogP) is 3.84. The lowest BCUT2D eigenvalue weighted by molar-refractivity contribution is -0.131. The third kappa shape index (κ3) is 3.42. The number of aryl methyl sites for hydroxylation is 2. The Kier molecular flexibility index (Phi) is 5.84. The molecular formula is C20H24ClN5O2. The van der Waals surface area contributed by atoms with E-state index in [-0.39, 0.29) is 0 Å². The van der Waals surface area contributed by atoms with Crippen LogP contribution in [0.5, 0.6) is 0 Å². The van der Waals surface area contributed by atoms with Crippen LogP contribution in [0.3, 0.4) is 0 Å². The Labute approximate surface area is 169 Å². The van der Waals surface area contributed by atoms with Gasteiger partial charge in [0, 0.05) is 6.54 Å². The monoisotopic (exact) mass is 401 g/mol. The number of hydrogen-bond donors (Lipinski definition) is 1. The first-order valence-corrected chi connectivity index (χ1v) is 9.81. The SMILES string of the molecule is CCCCn1nc(C)c(/C=N\N2C(=O)N[C@@](CC)(c3ccccc3)C2=O)c1Cl. The number of halogens is 1. The molecule has 7 nitrogen and oxygen atoms in total. The number of urea groups is 1. The second-order valence-electron chi connectivity index (χ2n) is 6.78. The van der Waals surface area contributed by atoms with Crippen LogP contribution in [0.2, 0.25) is 5.15 Å². The zero-order chi connectivity index (χ0) is 20.3. The van der Waals surface area contributed by atoms with E-state index in [1.54, 1.807) is 4.68 Å². The zero-order valence-electron chi connectivity index (χ0n) is 16.3. The lowest BCUT2D eigenvalue weighted by Crippen LogP contribution is -2.43. The van der Waals surface area contributed by atoms with Gasteiger partial charge in [0.15, 0.2) is 0 Å². The second-order valence-corrected chi connectivity index (χ2v) is 7.14. The quantitative estimate of drug-likeness (QED) is 0.565. The van der Waals surface area contributed by atoms with Gasteiger partial charge in [0.25, 0.3) is 5.91 Å². The normalized spacial score (nSPS) is 19.6. The van der Waals surface area contributed by atoms with Crippen molar-refractivity contribution in [2.45, 2.75) is 52.1 Å². The zero-order valence-corrected chi connectivity index (χ0v) is 17.0. The van der Waals surface area contributed by atoms with Crippen LogP contribution in [-0.4, -0.2) is 32.9 Å². The summed E-state index contributed by atoms with van der Waals surface area (Å²) in [5.41, 5.74) is 0.920. The number of amides is 3.